The SMILES string of the molecule is NC(=O)C1CCCN(C(=O)CSc2nnc(-c3cc(-c4cccs4)nc4ccccc34)o2)C1. The van der Waals surface area contributed by atoms with E-state index < -0.39 is 0 Å². The van der Waals surface area contributed by atoms with E-state index in [0.717, 1.165) is 39.9 Å². The van der Waals surface area contributed by atoms with E-state index in [9.17, 15) is 9.59 Å². The smallest absolute Gasteiger partial charge is 0.277 e. The number of carbonyl (C=O) groups is 2. The summed E-state index contributed by atoms with van der Waals surface area (Å²) in [6.45, 7) is 1.01. The van der Waals surface area contributed by atoms with Crippen LogP contribution in [0.1, 0.15) is 12.8 Å². The van der Waals surface area contributed by atoms with Crippen LogP contribution in [-0.2, 0) is 9.59 Å². The van der Waals surface area contributed by atoms with Gasteiger partial charge >= 0.3 is 0 Å². The van der Waals surface area contributed by atoms with Crippen LogP contribution in [0.4, 0.5) is 0 Å². The Bertz CT molecular complexity index is 1300. The Morgan fingerprint density at radius 3 is 2.91 bits per heavy atom. The minimum atomic E-state index is -0.354. The first kappa shape index (κ1) is 21.6. The number of para-hydroxylation sites is 1. The zero-order valence-corrected chi connectivity index (χ0v) is 19.3. The molecule has 1 atom stereocenters. The molecular formula is C23H21N5O3S2. The quantitative estimate of drug-likeness (QED) is 0.418. The average Bonchev–Trinajstić information content (AvgIpc) is 3.54. The number of thioether (sulfide) groups is 1. The fourth-order valence-corrected chi connectivity index (χ4v) is 5.28. The van der Waals surface area contributed by atoms with Crippen LogP contribution in [-0.4, -0.2) is 50.7 Å². The van der Waals surface area contributed by atoms with Gasteiger partial charge in [0.25, 0.3) is 5.22 Å². The lowest BCUT2D eigenvalue weighted by Crippen LogP contribution is -2.44. The molecule has 0 spiro atoms. The zero-order valence-electron chi connectivity index (χ0n) is 17.6. The van der Waals surface area contributed by atoms with Crippen molar-refractivity contribution in [3.8, 4) is 22.0 Å². The van der Waals surface area contributed by atoms with Crippen LogP contribution in [0.2, 0.25) is 0 Å². The molecule has 1 unspecified atom stereocenters. The molecule has 33 heavy (non-hydrogen) atoms. The lowest BCUT2D eigenvalue weighted by atomic mass is 9.97. The summed E-state index contributed by atoms with van der Waals surface area (Å²) in [6, 6.07) is 13.8. The molecule has 4 heterocycles. The molecule has 4 aromatic rings. The van der Waals surface area contributed by atoms with E-state index in [1.54, 1.807) is 16.2 Å². The number of piperidine rings is 1. The molecule has 0 saturated carbocycles. The molecule has 168 valence electrons. The number of nitrogens with two attached hydrogens (primary N) is 1. The van der Waals surface area contributed by atoms with Gasteiger partial charge in [-0.1, -0.05) is 36.0 Å². The predicted molar refractivity (Wildman–Crippen MR) is 128 cm³/mol. The Morgan fingerprint density at radius 2 is 2.09 bits per heavy atom. The summed E-state index contributed by atoms with van der Waals surface area (Å²) in [4.78, 5) is 31.6. The number of aromatic nitrogens is 3. The highest BCUT2D eigenvalue weighted by molar-refractivity contribution is 7.99. The van der Waals surface area contributed by atoms with Crippen molar-refractivity contribution in [2.24, 2.45) is 11.7 Å². The van der Waals surface area contributed by atoms with Crippen LogP contribution >= 0.6 is 23.1 Å². The molecule has 1 aliphatic heterocycles. The van der Waals surface area contributed by atoms with Gasteiger partial charge in [0, 0.05) is 18.5 Å². The number of carbonyl (C=O) groups excluding carboxylic acids is 2. The minimum absolute atomic E-state index is 0.0694. The topological polar surface area (TPSA) is 115 Å². The summed E-state index contributed by atoms with van der Waals surface area (Å²) >= 11 is 2.81. The Morgan fingerprint density at radius 1 is 1.21 bits per heavy atom. The summed E-state index contributed by atoms with van der Waals surface area (Å²) in [7, 11) is 0. The van der Waals surface area contributed by atoms with Crippen molar-refractivity contribution in [1.29, 1.82) is 0 Å². The van der Waals surface area contributed by atoms with E-state index in [0.29, 0.717) is 24.2 Å². The third-order valence-corrected chi connectivity index (χ3v) is 7.32. The Balaban J connectivity index is 1.35. The number of fused-ring (bicyclic) bond motifs is 1. The van der Waals surface area contributed by atoms with Crippen LogP contribution in [0.15, 0.2) is 57.5 Å². The van der Waals surface area contributed by atoms with E-state index in [1.165, 1.54) is 11.8 Å². The maximum Gasteiger partial charge on any atom is 0.277 e. The molecular weight excluding hydrogens is 458 g/mol. The van der Waals surface area contributed by atoms with Crippen LogP contribution in [0.25, 0.3) is 32.9 Å². The van der Waals surface area contributed by atoms with Gasteiger partial charge in [-0.3, -0.25) is 9.59 Å². The van der Waals surface area contributed by atoms with Crippen molar-refractivity contribution in [2.75, 3.05) is 18.8 Å². The van der Waals surface area contributed by atoms with Gasteiger partial charge in [-0.25, -0.2) is 4.98 Å². The molecule has 2 amide bonds. The van der Waals surface area contributed by atoms with Gasteiger partial charge in [-0.2, -0.15) is 0 Å². The number of thiophene rings is 1. The summed E-state index contributed by atoms with van der Waals surface area (Å²) in [5.74, 6) is -0.161. The van der Waals surface area contributed by atoms with Gasteiger partial charge in [0.05, 0.1) is 33.3 Å². The molecule has 1 aliphatic rings. The molecule has 1 aromatic carbocycles. The van der Waals surface area contributed by atoms with E-state index >= 15 is 0 Å². The molecule has 2 N–H and O–H groups in total. The van der Waals surface area contributed by atoms with Gasteiger partial charge in [0.2, 0.25) is 17.7 Å². The molecule has 0 bridgehead atoms. The third kappa shape index (κ3) is 4.62. The van der Waals surface area contributed by atoms with Crippen molar-refractivity contribution in [1.82, 2.24) is 20.1 Å². The molecule has 3 aromatic heterocycles. The van der Waals surface area contributed by atoms with Crippen LogP contribution < -0.4 is 5.73 Å². The Labute approximate surface area is 198 Å². The number of pyridine rings is 1. The average molecular weight is 480 g/mol. The van der Waals surface area contributed by atoms with Crippen molar-refractivity contribution in [3.05, 3.63) is 47.8 Å². The first-order chi connectivity index (χ1) is 16.1. The molecule has 1 fully saturated rings. The maximum atomic E-state index is 12.6. The molecule has 0 aliphatic carbocycles. The second kappa shape index (κ2) is 9.32. The fraction of sp³-hybridized carbons (Fsp3) is 0.261. The number of benzene rings is 1. The van der Waals surface area contributed by atoms with Gasteiger partial charge < -0.3 is 15.1 Å². The Hall–Kier alpha value is -3.24. The summed E-state index contributed by atoms with van der Waals surface area (Å²) < 4.78 is 5.92. The Kier molecular flexibility index (Phi) is 6.10. The minimum Gasteiger partial charge on any atom is -0.411 e. The number of nitrogens with zero attached hydrogens (tertiary/aromatic N) is 4. The molecule has 5 rings (SSSR count). The lowest BCUT2D eigenvalue weighted by Gasteiger charge is -2.31. The van der Waals surface area contributed by atoms with Gasteiger partial charge in [-0.15, -0.1) is 21.5 Å². The zero-order chi connectivity index (χ0) is 22.8. The molecule has 0 radical (unpaired) electrons. The van der Waals surface area contributed by atoms with Crippen LogP contribution in [0.5, 0.6) is 0 Å². The van der Waals surface area contributed by atoms with Gasteiger partial charge in [-0.05, 0) is 36.4 Å². The van der Waals surface area contributed by atoms with Crippen LogP contribution in [0, 0.1) is 5.92 Å². The number of rotatable bonds is 6. The van der Waals surface area contributed by atoms with E-state index in [1.807, 2.05) is 47.8 Å². The van der Waals surface area contributed by atoms with Gasteiger partial charge in [0.15, 0.2) is 0 Å². The highest BCUT2D eigenvalue weighted by Crippen LogP contribution is 2.34. The van der Waals surface area contributed by atoms with Crippen molar-refractivity contribution in [3.63, 3.8) is 0 Å². The van der Waals surface area contributed by atoms with Crippen molar-refractivity contribution >= 4 is 45.8 Å². The lowest BCUT2D eigenvalue weighted by molar-refractivity contribution is -0.132. The highest BCUT2D eigenvalue weighted by atomic mass is 32.2. The number of likely N-dealkylation sites (tertiary alicyclic amines) is 1. The van der Waals surface area contributed by atoms with Crippen LogP contribution in [0.3, 0.4) is 0 Å². The summed E-state index contributed by atoms with van der Waals surface area (Å²) in [5, 5.41) is 11.6. The third-order valence-electron chi connectivity index (χ3n) is 5.62. The van der Waals surface area contributed by atoms with Gasteiger partial charge in [0.1, 0.15) is 0 Å². The predicted octanol–water partition coefficient (Wildman–Crippen LogP) is 3.83. The van der Waals surface area contributed by atoms with Crippen molar-refractivity contribution in [2.45, 2.75) is 18.1 Å². The molecule has 1 saturated heterocycles. The molecule has 8 nitrogen and oxygen atoms in total. The van der Waals surface area contributed by atoms with Crippen molar-refractivity contribution < 1.29 is 14.0 Å². The first-order valence-electron chi connectivity index (χ1n) is 10.6. The standard InChI is InChI=1S/C23H21N5O3S2/c24-21(30)14-5-3-9-28(12-14)20(29)13-33-23-27-26-22(31-23)16-11-18(19-8-4-10-32-19)25-17-7-2-1-6-15(16)17/h1-2,4,6-8,10-11,14H,3,5,9,12-13H2,(H2,24,30). The second-order valence-corrected chi connectivity index (χ2v) is 9.67. The molecule has 10 heteroatoms. The second-order valence-electron chi connectivity index (χ2n) is 7.79. The normalized spacial score (nSPS) is 16.2. The summed E-state index contributed by atoms with van der Waals surface area (Å²) in [6.07, 6.45) is 1.50. The monoisotopic (exact) mass is 479 g/mol. The number of primary amides is 1. The number of hydrogen-bond donors (Lipinski definition) is 1. The maximum absolute atomic E-state index is 12.6. The van der Waals surface area contributed by atoms with E-state index in [2.05, 4.69) is 10.2 Å². The first-order valence-corrected chi connectivity index (χ1v) is 12.4. The van der Waals surface area contributed by atoms with E-state index in [-0.39, 0.29) is 23.5 Å². The largest absolute Gasteiger partial charge is 0.411 e. The fourth-order valence-electron chi connectivity index (χ4n) is 3.93. The summed E-state index contributed by atoms with van der Waals surface area (Å²) in [5.41, 5.74) is 7.90. The number of hydrogen-bond acceptors (Lipinski definition) is 8. The van der Waals surface area contributed by atoms with E-state index in [4.69, 9.17) is 15.1 Å². The number of amides is 2. The highest BCUT2D eigenvalue weighted by Gasteiger charge is 2.27.